The van der Waals surface area contributed by atoms with Gasteiger partial charge in [0.1, 0.15) is 29.2 Å². The van der Waals surface area contributed by atoms with E-state index in [1.807, 2.05) is 73.3 Å². The van der Waals surface area contributed by atoms with Crippen molar-refractivity contribution in [1.29, 1.82) is 0 Å². The Labute approximate surface area is 334 Å². The van der Waals surface area contributed by atoms with Gasteiger partial charge in [0.25, 0.3) is 5.91 Å². The van der Waals surface area contributed by atoms with Crippen LogP contribution in [0.4, 0.5) is 0 Å². The summed E-state index contributed by atoms with van der Waals surface area (Å²) in [6.45, 7) is 9.19. The van der Waals surface area contributed by atoms with Crippen LogP contribution in [0.5, 0.6) is 11.5 Å². The number of rotatable bonds is 15. The number of aromatic nitrogens is 1. The maximum atomic E-state index is 14.8. The van der Waals surface area contributed by atoms with Crippen LogP contribution in [-0.2, 0) is 29.2 Å². The molecule has 13 nitrogen and oxygen atoms in total. The van der Waals surface area contributed by atoms with Crippen molar-refractivity contribution in [2.75, 3.05) is 26.7 Å². The van der Waals surface area contributed by atoms with E-state index in [1.165, 1.54) is 11.0 Å². The Morgan fingerprint density at radius 3 is 2.42 bits per heavy atom. The van der Waals surface area contributed by atoms with Gasteiger partial charge in [-0.25, -0.2) is 13.4 Å². The van der Waals surface area contributed by atoms with E-state index < -0.39 is 56.6 Å². The quantitative estimate of drug-likeness (QED) is 0.202. The number of hydrogen-bond acceptors (Lipinski definition) is 9. The second-order valence-electron chi connectivity index (χ2n) is 16.4. The number of nitrogens with zero attached hydrogens (tertiary/aromatic N) is 3. The molecule has 1 aromatic heterocycles. The van der Waals surface area contributed by atoms with Crippen LogP contribution >= 0.6 is 0 Å². The van der Waals surface area contributed by atoms with E-state index in [2.05, 4.69) is 16.6 Å². The van der Waals surface area contributed by atoms with Crippen molar-refractivity contribution in [3.05, 3.63) is 67.3 Å². The average molecular weight is 800 g/mol. The van der Waals surface area contributed by atoms with Crippen LogP contribution in [0.2, 0.25) is 0 Å². The van der Waals surface area contributed by atoms with E-state index in [0.717, 1.165) is 24.8 Å². The molecule has 3 unspecified atom stereocenters. The molecular weight excluding hydrogens is 747 g/mol. The minimum Gasteiger partial charge on any atom is -0.497 e. The van der Waals surface area contributed by atoms with Crippen molar-refractivity contribution in [2.45, 2.75) is 94.6 Å². The summed E-state index contributed by atoms with van der Waals surface area (Å²) in [5.41, 5.74) is 0.646. The van der Waals surface area contributed by atoms with Gasteiger partial charge >= 0.3 is 0 Å². The van der Waals surface area contributed by atoms with Gasteiger partial charge in [-0.15, -0.1) is 6.58 Å². The third-order valence-electron chi connectivity index (χ3n) is 11.7. The smallest absolute Gasteiger partial charge is 0.259 e. The van der Waals surface area contributed by atoms with Crippen molar-refractivity contribution in [3.63, 3.8) is 0 Å². The number of pyridine rings is 1. The molecule has 0 bridgehead atoms. The first-order chi connectivity index (χ1) is 27.3. The molecule has 0 radical (unpaired) electrons. The molecule has 5 atom stereocenters. The largest absolute Gasteiger partial charge is 0.497 e. The number of nitrogens with one attached hydrogen (secondary N) is 2. The first-order valence-electron chi connectivity index (χ1n) is 20.1. The topological polar surface area (TPSA) is 164 Å². The van der Waals surface area contributed by atoms with E-state index in [1.54, 1.807) is 7.11 Å². The summed E-state index contributed by atoms with van der Waals surface area (Å²) in [7, 11) is -2.31. The molecule has 2 N–H and O–H groups in total. The molecule has 304 valence electrons. The number of fused-ring (bicyclic) bond motifs is 1. The molecular formula is C43H53N5O8S. The van der Waals surface area contributed by atoms with Gasteiger partial charge in [0.2, 0.25) is 27.7 Å². The number of likely N-dealkylation sites (tertiary alicyclic amines) is 2. The van der Waals surface area contributed by atoms with Crippen molar-refractivity contribution in [2.24, 2.45) is 17.8 Å². The zero-order valence-corrected chi connectivity index (χ0v) is 33.8. The van der Waals surface area contributed by atoms with Crippen LogP contribution in [0.25, 0.3) is 22.2 Å². The van der Waals surface area contributed by atoms with Gasteiger partial charge in [-0.1, -0.05) is 50.3 Å². The molecule has 2 saturated carbocycles. The Kier molecular flexibility index (Phi) is 11.6. The van der Waals surface area contributed by atoms with E-state index in [0.29, 0.717) is 60.4 Å². The zero-order chi connectivity index (χ0) is 40.5. The molecule has 2 aromatic carbocycles. The molecule has 2 aliphatic heterocycles. The lowest BCUT2D eigenvalue weighted by Crippen LogP contribution is -2.57. The van der Waals surface area contributed by atoms with Crippen molar-refractivity contribution < 1.29 is 37.1 Å². The summed E-state index contributed by atoms with van der Waals surface area (Å²) in [6, 6.07) is 15.9. The molecule has 3 aromatic rings. The Bertz CT molecular complexity index is 2140. The fourth-order valence-corrected chi connectivity index (χ4v) is 9.65. The number of hydrogen-bond donors (Lipinski definition) is 2. The fourth-order valence-electron chi connectivity index (χ4n) is 8.29. The molecule has 0 spiro atoms. The predicted octanol–water partition coefficient (Wildman–Crippen LogP) is 4.99. The van der Waals surface area contributed by atoms with Crippen LogP contribution in [0.3, 0.4) is 0 Å². The monoisotopic (exact) mass is 799 g/mol. The van der Waals surface area contributed by atoms with Crippen LogP contribution in [0.15, 0.2) is 67.3 Å². The van der Waals surface area contributed by atoms with E-state index in [9.17, 15) is 27.6 Å². The third kappa shape index (κ3) is 8.80. The van der Waals surface area contributed by atoms with Gasteiger partial charge in [-0.2, -0.15) is 0 Å². The molecule has 2 saturated heterocycles. The van der Waals surface area contributed by atoms with E-state index in [4.69, 9.17) is 14.5 Å². The summed E-state index contributed by atoms with van der Waals surface area (Å²) in [5.74, 6) is -1.78. The Morgan fingerprint density at radius 1 is 1.04 bits per heavy atom. The van der Waals surface area contributed by atoms with Gasteiger partial charge in [0.15, 0.2) is 0 Å². The van der Waals surface area contributed by atoms with Crippen molar-refractivity contribution >= 4 is 44.6 Å². The summed E-state index contributed by atoms with van der Waals surface area (Å²) >= 11 is 0. The normalized spacial score (nSPS) is 23.8. The van der Waals surface area contributed by atoms with Crippen LogP contribution in [-0.4, -0.2) is 96.5 Å². The van der Waals surface area contributed by atoms with E-state index in [-0.39, 0.29) is 43.5 Å². The molecule has 7 rings (SSSR count). The van der Waals surface area contributed by atoms with Gasteiger partial charge in [-0.05, 0) is 63.0 Å². The third-order valence-corrected chi connectivity index (χ3v) is 13.5. The second-order valence-corrected chi connectivity index (χ2v) is 18.4. The molecule has 4 amide bonds. The highest BCUT2D eigenvalue weighted by molar-refractivity contribution is 7.91. The number of benzene rings is 2. The molecule has 2 aliphatic carbocycles. The highest BCUT2D eigenvalue weighted by atomic mass is 32.2. The van der Waals surface area contributed by atoms with Crippen molar-refractivity contribution in [3.8, 4) is 22.8 Å². The lowest BCUT2D eigenvalue weighted by atomic mass is 9.91. The van der Waals surface area contributed by atoms with E-state index >= 15 is 0 Å². The van der Waals surface area contributed by atoms with Crippen molar-refractivity contribution in [1.82, 2.24) is 24.8 Å². The maximum absolute atomic E-state index is 14.8. The number of methoxy groups -OCH3 is 1. The number of carbonyl (C=O) groups excluding carboxylic acids is 4. The molecule has 3 heterocycles. The van der Waals surface area contributed by atoms with Gasteiger partial charge in [0.05, 0.1) is 30.1 Å². The highest BCUT2D eigenvalue weighted by Gasteiger charge is 2.62. The summed E-state index contributed by atoms with van der Waals surface area (Å²) in [5, 5.41) is 2.95. The first kappa shape index (κ1) is 40.2. The fraction of sp³-hybridized carbons (Fsp3) is 0.512. The van der Waals surface area contributed by atoms with Gasteiger partial charge in [0, 0.05) is 60.8 Å². The van der Waals surface area contributed by atoms with Gasteiger partial charge in [-0.3, -0.25) is 23.9 Å². The number of amides is 4. The number of sulfonamides is 1. The number of piperidine rings is 1. The van der Waals surface area contributed by atoms with Gasteiger partial charge < -0.3 is 24.6 Å². The summed E-state index contributed by atoms with van der Waals surface area (Å²) in [6.07, 6.45) is 5.45. The zero-order valence-electron chi connectivity index (χ0n) is 32.9. The Morgan fingerprint density at radius 2 is 1.77 bits per heavy atom. The average Bonchev–Trinajstić information content (AvgIpc) is 4.14. The summed E-state index contributed by atoms with van der Waals surface area (Å²) in [4.78, 5) is 64.7. The Balaban J connectivity index is 1.20. The predicted molar refractivity (Wildman–Crippen MR) is 216 cm³/mol. The molecule has 4 fully saturated rings. The minimum absolute atomic E-state index is 0.0224. The highest BCUT2D eigenvalue weighted by Crippen LogP contribution is 2.46. The summed E-state index contributed by atoms with van der Waals surface area (Å²) < 4.78 is 40.0. The number of carbonyl (C=O) groups is 4. The first-order valence-corrected chi connectivity index (χ1v) is 21.7. The maximum Gasteiger partial charge on any atom is 0.259 e. The lowest BCUT2D eigenvalue weighted by Gasteiger charge is -2.32. The number of ether oxygens (including phenoxy) is 2. The minimum atomic E-state index is -3.89. The SMILES string of the molecule is C=CC1CC1(NC(=O)C1C[C@@H](Oc2cc(-c3ccccc3)nc3cc(OC)ccc23)CN1C(=O)[C@H](CC(=O)N1CCCCC1)CC(C)C)C(=O)NS(=O)(=O)C1CC1. The Hall–Kier alpha value is -4.98. The van der Waals surface area contributed by atoms with Crippen LogP contribution < -0.4 is 19.5 Å². The second kappa shape index (κ2) is 16.5. The molecule has 57 heavy (non-hydrogen) atoms. The van der Waals surface area contributed by atoms with Crippen LogP contribution in [0.1, 0.15) is 71.6 Å². The molecule has 4 aliphatic rings. The standard InChI is InChI=1S/C43H53N5O8S/c1-5-30-25-43(30,42(52)46-57(53,54)33-15-16-33)45-40(50)37-23-32(26-48(37)41(51)29(20-27(2)3)21-39(49)47-18-10-7-11-19-47)56-38-24-35(28-12-8-6-9-13-28)44-36-22-31(55-4)14-17-34(36)38/h5-6,8-9,12-14,17,22,24,27,29-30,32-33,37H,1,7,10-11,15-16,18-21,23,25-26H2,2-4H3,(H,45,50)(H,46,52)/t29-,30?,32+,37?,43?/m0/s1. The van der Waals surface area contributed by atoms with Crippen LogP contribution in [0, 0.1) is 17.8 Å². The lowest BCUT2D eigenvalue weighted by molar-refractivity contribution is -0.146. The molecule has 14 heteroatoms.